The van der Waals surface area contributed by atoms with E-state index in [1.54, 1.807) is 6.07 Å². The molecule has 0 saturated heterocycles. The molecular weight excluding hydrogens is 255 g/mol. The maximum absolute atomic E-state index is 12.6. The van der Waals surface area contributed by atoms with Gasteiger partial charge >= 0.3 is 6.18 Å². The topological polar surface area (TPSA) is 32.3 Å². The summed E-state index contributed by atoms with van der Waals surface area (Å²) in [6.45, 7) is 2.61. The highest BCUT2D eigenvalue weighted by atomic mass is 19.4. The highest BCUT2D eigenvalue weighted by Gasteiger charge is 2.41. The van der Waals surface area contributed by atoms with Crippen LogP contribution in [-0.2, 0) is 6.18 Å². The van der Waals surface area contributed by atoms with Gasteiger partial charge in [0.25, 0.3) is 0 Å². The quantitative estimate of drug-likeness (QED) is 0.864. The smallest absolute Gasteiger partial charge is 0.396 e. The Hall–Kier alpha value is -1.07. The number of hydrogen-bond donors (Lipinski definition) is 2. The van der Waals surface area contributed by atoms with Crippen LogP contribution in [0.15, 0.2) is 24.3 Å². The molecule has 0 aromatic heterocycles. The molecule has 0 aliphatic heterocycles. The SMILES string of the molecule is CC(NCC1(CO)CC1)c1cccc(C(F)(F)F)c1. The first-order chi connectivity index (χ1) is 8.86. The van der Waals surface area contributed by atoms with E-state index < -0.39 is 11.7 Å². The molecule has 106 valence electrons. The molecule has 2 nitrogen and oxygen atoms in total. The minimum atomic E-state index is -4.31. The lowest BCUT2D eigenvalue weighted by atomic mass is 10.0. The summed E-state index contributed by atoms with van der Waals surface area (Å²) < 4.78 is 37.9. The second kappa shape index (κ2) is 5.13. The molecule has 19 heavy (non-hydrogen) atoms. The van der Waals surface area contributed by atoms with E-state index in [0.29, 0.717) is 12.1 Å². The van der Waals surface area contributed by atoms with E-state index in [1.165, 1.54) is 12.1 Å². The van der Waals surface area contributed by atoms with Gasteiger partial charge in [-0.05, 0) is 37.5 Å². The maximum Gasteiger partial charge on any atom is 0.416 e. The van der Waals surface area contributed by atoms with Crippen LogP contribution in [0.5, 0.6) is 0 Å². The van der Waals surface area contributed by atoms with Gasteiger partial charge in [-0.25, -0.2) is 0 Å². The molecule has 0 spiro atoms. The van der Waals surface area contributed by atoms with Crippen molar-refractivity contribution in [3.63, 3.8) is 0 Å². The van der Waals surface area contributed by atoms with Crippen molar-refractivity contribution in [3.8, 4) is 0 Å². The zero-order chi connectivity index (χ0) is 14.1. The number of nitrogens with one attached hydrogen (secondary N) is 1. The molecule has 1 aliphatic rings. The molecule has 0 heterocycles. The van der Waals surface area contributed by atoms with Gasteiger partial charge < -0.3 is 10.4 Å². The number of alkyl halides is 3. The Labute approximate surface area is 110 Å². The van der Waals surface area contributed by atoms with Crippen molar-refractivity contribution in [1.29, 1.82) is 0 Å². The number of halogens is 3. The van der Waals surface area contributed by atoms with E-state index >= 15 is 0 Å². The van der Waals surface area contributed by atoms with Crippen LogP contribution in [0.3, 0.4) is 0 Å². The van der Waals surface area contributed by atoms with Crippen molar-refractivity contribution >= 4 is 0 Å². The largest absolute Gasteiger partial charge is 0.416 e. The monoisotopic (exact) mass is 273 g/mol. The summed E-state index contributed by atoms with van der Waals surface area (Å²) in [7, 11) is 0. The van der Waals surface area contributed by atoms with Gasteiger partial charge in [-0.1, -0.05) is 12.1 Å². The number of aliphatic hydroxyl groups is 1. The number of hydrogen-bond acceptors (Lipinski definition) is 2. The number of benzene rings is 1. The summed E-state index contributed by atoms with van der Waals surface area (Å²) in [6.07, 6.45) is -2.35. The Kier molecular flexibility index (Phi) is 3.87. The Morgan fingerprint density at radius 2 is 2.05 bits per heavy atom. The fourth-order valence-electron chi connectivity index (χ4n) is 2.04. The zero-order valence-corrected chi connectivity index (χ0v) is 10.8. The molecule has 2 rings (SSSR count). The molecule has 5 heteroatoms. The molecule has 1 aromatic carbocycles. The van der Waals surface area contributed by atoms with Gasteiger partial charge in [-0.15, -0.1) is 0 Å². The standard InChI is InChI=1S/C14H18F3NO/c1-10(18-8-13(9-19)5-6-13)11-3-2-4-12(7-11)14(15,16)17/h2-4,7,10,18-19H,5-6,8-9H2,1H3. The third kappa shape index (κ3) is 3.48. The van der Waals surface area contributed by atoms with E-state index in [2.05, 4.69) is 5.32 Å². The normalized spacial score (nSPS) is 19.2. The van der Waals surface area contributed by atoms with Crippen LogP contribution in [0.1, 0.15) is 36.9 Å². The molecule has 1 aliphatic carbocycles. The van der Waals surface area contributed by atoms with Gasteiger partial charge in [0.15, 0.2) is 0 Å². The fraction of sp³-hybridized carbons (Fsp3) is 0.571. The van der Waals surface area contributed by atoms with E-state index in [4.69, 9.17) is 0 Å². The van der Waals surface area contributed by atoms with Crippen molar-refractivity contribution in [2.24, 2.45) is 5.41 Å². The van der Waals surface area contributed by atoms with Crippen molar-refractivity contribution in [3.05, 3.63) is 35.4 Å². The van der Waals surface area contributed by atoms with Gasteiger partial charge in [-0.2, -0.15) is 13.2 Å². The molecule has 1 aromatic rings. The summed E-state index contributed by atoms with van der Waals surface area (Å²) in [4.78, 5) is 0. The lowest BCUT2D eigenvalue weighted by Gasteiger charge is -2.19. The van der Waals surface area contributed by atoms with Crippen LogP contribution >= 0.6 is 0 Å². The summed E-state index contributed by atoms with van der Waals surface area (Å²) in [5.41, 5.74) is -0.0545. The van der Waals surface area contributed by atoms with E-state index in [0.717, 1.165) is 18.9 Å². The summed E-state index contributed by atoms with van der Waals surface area (Å²) in [6, 6.07) is 5.20. The van der Waals surface area contributed by atoms with Gasteiger partial charge in [0, 0.05) is 24.6 Å². The Morgan fingerprint density at radius 3 is 2.58 bits per heavy atom. The van der Waals surface area contributed by atoms with Gasteiger partial charge in [0.05, 0.1) is 5.56 Å². The van der Waals surface area contributed by atoms with Crippen molar-refractivity contribution in [1.82, 2.24) is 5.32 Å². The molecule has 1 atom stereocenters. The van der Waals surface area contributed by atoms with Crippen LogP contribution in [0, 0.1) is 5.41 Å². The Bertz CT molecular complexity index is 441. The minimum Gasteiger partial charge on any atom is -0.396 e. The van der Waals surface area contributed by atoms with E-state index in [-0.39, 0.29) is 18.1 Å². The van der Waals surface area contributed by atoms with Crippen LogP contribution < -0.4 is 5.32 Å². The fourth-order valence-corrected chi connectivity index (χ4v) is 2.04. The molecule has 0 bridgehead atoms. The molecule has 0 amide bonds. The Morgan fingerprint density at radius 1 is 1.37 bits per heavy atom. The van der Waals surface area contributed by atoms with Gasteiger partial charge in [0.2, 0.25) is 0 Å². The second-order valence-electron chi connectivity index (χ2n) is 5.38. The minimum absolute atomic E-state index is 0.0457. The summed E-state index contributed by atoms with van der Waals surface area (Å²) >= 11 is 0. The van der Waals surface area contributed by atoms with Crippen molar-refractivity contribution in [2.75, 3.05) is 13.2 Å². The second-order valence-corrected chi connectivity index (χ2v) is 5.38. The highest BCUT2D eigenvalue weighted by molar-refractivity contribution is 5.27. The van der Waals surface area contributed by atoms with Crippen LogP contribution in [0.4, 0.5) is 13.2 Å². The van der Waals surface area contributed by atoms with Gasteiger partial charge in [0.1, 0.15) is 0 Å². The first-order valence-corrected chi connectivity index (χ1v) is 6.38. The predicted molar refractivity (Wildman–Crippen MR) is 66.6 cm³/mol. The predicted octanol–water partition coefficient (Wildman–Crippen LogP) is 3.13. The lowest BCUT2D eigenvalue weighted by Crippen LogP contribution is -2.29. The molecular formula is C14H18F3NO. The third-order valence-corrected chi connectivity index (χ3v) is 3.79. The van der Waals surface area contributed by atoms with E-state index in [1.807, 2.05) is 6.92 Å². The summed E-state index contributed by atoms with van der Waals surface area (Å²) in [5, 5.41) is 12.4. The van der Waals surface area contributed by atoms with Crippen LogP contribution in [-0.4, -0.2) is 18.3 Å². The lowest BCUT2D eigenvalue weighted by molar-refractivity contribution is -0.137. The molecule has 2 N–H and O–H groups in total. The number of rotatable bonds is 5. The summed E-state index contributed by atoms with van der Waals surface area (Å²) in [5.74, 6) is 0. The van der Waals surface area contributed by atoms with Gasteiger partial charge in [-0.3, -0.25) is 0 Å². The Balaban J connectivity index is 2.01. The first kappa shape index (κ1) is 14.3. The van der Waals surface area contributed by atoms with Crippen LogP contribution in [0.2, 0.25) is 0 Å². The highest BCUT2D eigenvalue weighted by Crippen LogP contribution is 2.44. The first-order valence-electron chi connectivity index (χ1n) is 6.38. The average molecular weight is 273 g/mol. The van der Waals surface area contributed by atoms with E-state index in [9.17, 15) is 18.3 Å². The molecule has 1 saturated carbocycles. The maximum atomic E-state index is 12.6. The molecule has 0 radical (unpaired) electrons. The zero-order valence-electron chi connectivity index (χ0n) is 10.8. The van der Waals surface area contributed by atoms with Crippen LogP contribution in [0.25, 0.3) is 0 Å². The van der Waals surface area contributed by atoms with Crippen molar-refractivity contribution < 1.29 is 18.3 Å². The third-order valence-electron chi connectivity index (χ3n) is 3.79. The number of aliphatic hydroxyl groups excluding tert-OH is 1. The molecule has 1 fully saturated rings. The molecule has 1 unspecified atom stereocenters. The average Bonchev–Trinajstić information content (AvgIpc) is 3.16. The van der Waals surface area contributed by atoms with Crippen molar-refractivity contribution in [2.45, 2.75) is 32.0 Å².